The van der Waals surface area contributed by atoms with Crippen LogP contribution in [0.1, 0.15) is 53.0 Å². The van der Waals surface area contributed by atoms with Gasteiger partial charge in [0.2, 0.25) is 5.91 Å². The minimum Gasteiger partial charge on any atom is -0.389 e. The molecule has 0 aliphatic carbocycles. The van der Waals surface area contributed by atoms with Gasteiger partial charge in [-0.25, -0.2) is 4.79 Å². The number of hydrogen-bond acceptors (Lipinski definition) is 4. The molecule has 1 aromatic carbocycles. The van der Waals surface area contributed by atoms with Crippen LogP contribution in [0, 0.1) is 11.8 Å². The third-order valence-corrected chi connectivity index (χ3v) is 6.71. The van der Waals surface area contributed by atoms with Crippen molar-refractivity contribution in [3.05, 3.63) is 35.9 Å². The van der Waals surface area contributed by atoms with Crippen molar-refractivity contribution in [3.8, 4) is 0 Å². The summed E-state index contributed by atoms with van der Waals surface area (Å²) in [5.74, 6) is 2.26. The number of urea groups is 1. The van der Waals surface area contributed by atoms with Crippen molar-refractivity contribution in [1.82, 2.24) is 15.5 Å². The van der Waals surface area contributed by atoms with Gasteiger partial charge in [-0.1, -0.05) is 44.2 Å². The van der Waals surface area contributed by atoms with Crippen LogP contribution in [-0.2, 0) is 11.2 Å². The zero-order valence-corrected chi connectivity index (χ0v) is 21.1. The topological polar surface area (TPSA) is 81.7 Å². The van der Waals surface area contributed by atoms with Gasteiger partial charge < -0.3 is 20.6 Å². The van der Waals surface area contributed by atoms with Crippen molar-refractivity contribution in [2.24, 2.45) is 11.8 Å². The number of nitrogens with one attached hydrogen (secondary N) is 2. The molecule has 1 unspecified atom stereocenters. The lowest BCUT2D eigenvalue weighted by Gasteiger charge is -2.33. The molecule has 1 fully saturated rings. The maximum absolute atomic E-state index is 12.9. The van der Waals surface area contributed by atoms with E-state index in [1.165, 1.54) is 0 Å². The van der Waals surface area contributed by atoms with E-state index >= 15 is 0 Å². The van der Waals surface area contributed by atoms with Crippen LogP contribution in [0.15, 0.2) is 30.3 Å². The summed E-state index contributed by atoms with van der Waals surface area (Å²) in [5.41, 5.74) is 0.682. The molecule has 180 valence electrons. The van der Waals surface area contributed by atoms with Gasteiger partial charge in [-0.05, 0) is 57.3 Å². The Bertz CT molecular complexity index is 715. The van der Waals surface area contributed by atoms with E-state index in [2.05, 4.69) is 24.5 Å². The van der Waals surface area contributed by atoms with Gasteiger partial charge in [-0.3, -0.25) is 4.79 Å². The molecule has 7 heteroatoms. The molecular weight excluding hydrogens is 422 g/mol. The number of rotatable bonds is 10. The second kappa shape index (κ2) is 12.5. The van der Waals surface area contributed by atoms with Crippen LogP contribution in [0.5, 0.6) is 0 Å². The van der Waals surface area contributed by atoms with Crippen molar-refractivity contribution in [2.75, 3.05) is 24.6 Å². The number of aliphatic hydroxyl groups excluding tert-OH is 1. The Balaban J connectivity index is 2.14. The van der Waals surface area contributed by atoms with Gasteiger partial charge in [0.05, 0.1) is 18.7 Å². The Kier molecular flexibility index (Phi) is 10.4. The van der Waals surface area contributed by atoms with Gasteiger partial charge in [0.15, 0.2) is 0 Å². The average molecular weight is 464 g/mol. The fourth-order valence-electron chi connectivity index (χ4n) is 3.64. The summed E-state index contributed by atoms with van der Waals surface area (Å²) in [4.78, 5) is 27.5. The van der Waals surface area contributed by atoms with E-state index in [9.17, 15) is 14.7 Å². The molecule has 0 bridgehead atoms. The van der Waals surface area contributed by atoms with Crippen LogP contribution in [0.25, 0.3) is 0 Å². The molecule has 1 heterocycles. The lowest BCUT2D eigenvalue weighted by molar-refractivity contribution is -0.125. The molecule has 6 nitrogen and oxygen atoms in total. The molecule has 32 heavy (non-hydrogen) atoms. The van der Waals surface area contributed by atoms with Gasteiger partial charge >= 0.3 is 6.03 Å². The van der Waals surface area contributed by atoms with Crippen LogP contribution in [0.3, 0.4) is 0 Å². The molecule has 0 radical (unpaired) electrons. The first-order valence-corrected chi connectivity index (χ1v) is 12.9. The molecule has 1 aromatic rings. The van der Waals surface area contributed by atoms with Gasteiger partial charge in [0.25, 0.3) is 0 Å². The second-order valence-electron chi connectivity index (χ2n) is 10.2. The quantitative estimate of drug-likeness (QED) is 0.494. The van der Waals surface area contributed by atoms with Crippen LogP contribution in [0.2, 0.25) is 0 Å². The van der Waals surface area contributed by atoms with Crippen molar-refractivity contribution in [2.45, 2.75) is 71.6 Å². The lowest BCUT2D eigenvalue weighted by Crippen LogP contribution is -2.55. The largest absolute Gasteiger partial charge is 0.389 e. The normalized spacial score (nSPS) is 18.3. The van der Waals surface area contributed by atoms with Crippen molar-refractivity contribution < 1.29 is 14.7 Å². The van der Waals surface area contributed by atoms with Crippen LogP contribution >= 0.6 is 11.8 Å². The Hall–Kier alpha value is -1.73. The molecule has 1 saturated heterocycles. The Morgan fingerprint density at radius 3 is 2.47 bits per heavy atom. The predicted molar refractivity (Wildman–Crippen MR) is 133 cm³/mol. The summed E-state index contributed by atoms with van der Waals surface area (Å²) in [7, 11) is 0. The fourth-order valence-corrected chi connectivity index (χ4v) is 4.86. The molecular formula is C25H41N3O3S. The summed E-state index contributed by atoms with van der Waals surface area (Å²) in [6, 6.07) is 9.22. The summed E-state index contributed by atoms with van der Waals surface area (Å²) in [6.07, 6.45) is 1.37. The van der Waals surface area contributed by atoms with Crippen molar-refractivity contribution in [3.63, 3.8) is 0 Å². The summed E-state index contributed by atoms with van der Waals surface area (Å²) in [5, 5.41) is 17.3. The highest BCUT2D eigenvalue weighted by Crippen LogP contribution is 2.24. The number of thioether (sulfide) groups is 1. The van der Waals surface area contributed by atoms with E-state index in [0.29, 0.717) is 18.9 Å². The first-order chi connectivity index (χ1) is 15.0. The highest BCUT2D eigenvalue weighted by Gasteiger charge is 2.30. The number of carbonyl (C=O) groups excluding carboxylic acids is 2. The third-order valence-electron chi connectivity index (χ3n) is 5.54. The molecule has 0 spiro atoms. The fraction of sp³-hybridized carbons (Fsp3) is 0.680. The van der Waals surface area contributed by atoms with Crippen molar-refractivity contribution >= 4 is 23.7 Å². The standard InChI is InChI=1S/C25H41N3O3S/c1-18(2)11-13-28(24(31)27-25(3,4)5)16-22(29)21(15-19-9-7-6-8-10-19)26-23(30)20-12-14-32-17-20/h6-10,18,20-22,29H,11-17H2,1-5H3,(H,26,30)(H,27,31)/t20?,21-,22+/m1/s1. The molecule has 0 saturated carbocycles. The second-order valence-corrected chi connectivity index (χ2v) is 11.4. The van der Waals surface area contributed by atoms with Gasteiger partial charge in [-0.2, -0.15) is 11.8 Å². The van der Waals surface area contributed by atoms with Crippen LogP contribution < -0.4 is 10.6 Å². The SMILES string of the molecule is CC(C)CCN(C[C@H](O)[C@@H](Cc1ccccc1)NC(=O)C1CCSC1)C(=O)NC(C)(C)C. The number of hydrogen-bond donors (Lipinski definition) is 3. The highest BCUT2D eigenvalue weighted by atomic mass is 32.2. The smallest absolute Gasteiger partial charge is 0.317 e. The van der Waals surface area contributed by atoms with Gasteiger partial charge in [-0.15, -0.1) is 0 Å². The molecule has 3 atom stereocenters. The van der Waals surface area contributed by atoms with Crippen LogP contribution in [-0.4, -0.2) is 64.2 Å². The van der Waals surface area contributed by atoms with E-state index in [-0.39, 0.29) is 29.9 Å². The molecule has 0 aromatic heterocycles. The van der Waals surface area contributed by atoms with E-state index in [4.69, 9.17) is 0 Å². The minimum atomic E-state index is -0.869. The van der Waals surface area contributed by atoms with Gasteiger partial charge in [0, 0.05) is 23.8 Å². The van der Waals surface area contributed by atoms with Crippen molar-refractivity contribution in [1.29, 1.82) is 0 Å². The summed E-state index contributed by atoms with van der Waals surface area (Å²) >= 11 is 1.79. The third kappa shape index (κ3) is 9.41. The van der Waals surface area contributed by atoms with E-state index in [1.807, 2.05) is 51.1 Å². The minimum absolute atomic E-state index is 0.00264. The lowest BCUT2D eigenvalue weighted by atomic mass is 9.99. The molecule has 1 aliphatic heterocycles. The number of aliphatic hydroxyl groups is 1. The zero-order valence-electron chi connectivity index (χ0n) is 20.3. The maximum atomic E-state index is 12.9. The summed E-state index contributed by atoms with van der Waals surface area (Å²) < 4.78 is 0. The Labute approximate surface area is 197 Å². The number of amides is 3. The van der Waals surface area contributed by atoms with Crippen LogP contribution in [0.4, 0.5) is 4.79 Å². The molecule has 3 N–H and O–H groups in total. The number of benzene rings is 1. The molecule has 1 aliphatic rings. The number of carbonyl (C=O) groups is 2. The molecule has 3 amide bonds. The van der Waals surface area contributed by atoms with E-state index in [1.54, 1.807) is 16.7 Å². The average Bonchev–Trinajstić information content (AvgIpc) is 3.24. The van der Waals surface area contributed by atoms with E-state index in [0.717, 1.165) is 29.9 Å². The molecule has 2 rings (SSSR count). The zero-order chi connectivity index (χ0) is 23.7. The number of nitrogens with zero attached hydrogens (tertiary/aromatic N) is 1. The first kappa shape index (κ1) is 26.5. The Morgan fingerprint density at radius 1 is 1.22 bits per heavy atom. The highest BCUT2D eigenvalue weighted by molar-refractivity contribution is 7.99. The Morgan fingerprint density at radius 2 is 1.91 bits per heavy atom. The first-order valence-electron chi connectivity index (χ1n) is 11.7. The predicted octanol–water partition coefficient (Wildman–Crippen LogP) is 3.68. The maximum Gasteiger partial charge on any atom is 0.317 e. The summed E-state index contributed by atoms with van der Waals surface area (Å²) in [6.45, 7) is 10.8. The monoisotopic (exact) mass is 463 g/mol. The van der Waals surface area contributed by atoms with Gasteiger partial charge in [0.1, 0.15) is 0 Å². The van der Waals surface area contributed by atoms with E-state index < -0.39 is 12.1 Å².